The maximum absolute atomic E-state index is 13.0. The summed E-state index contributed by atoms with van der Waals surface area (Å²) in [5.74, 6) is 0.0651. The van der Waals surface area contributed by atoms with Crippen LogP contribution < -0.4 is 4.90 Å². The van der Waals surface area contributed by atoms with Crippen LogP contribution in [0.15, 0.2) is 72.8 Å². The number of carbonyl (C=O) groups is 1. The maximum atomic E-state index is 13.0. The van der Waals surface area contributed by atoms with Gasteiger partial charge in [0.25, 0.3) is 5.91 Å². The van der Waals surface area contributed by atoms with Gasteiger partial charge in [-0.05, 0) is 60.4 Å². The molecule has 0 saturated carbocycles. The molecule has 0 unspecified atom stereocenters. The van der Waals surface area contributed by atoms with Crippen LogP contribution in [-0.4, -0.2) is 48.9 Å². The average molecular weight is 428 g/mol. The number of hydrogen-bond acceptors (Lipinski definition) is 3. The molecule has 1 aliphatic rings. The zero-order valence-electron chi connectivity index (χ0n) is 19.4. The zero-order valence-corrected chi connectivity index (χ0v) is 19.4. The van der Waals surface area contributed by atoms with E-state index in [2.05, 4.69) is 66.1 Å². The van der Waals surface area contributed by atoms with Crippen molar-refractivity contribution in [2.45, 2.75) is 26.9 Å². The fourth-order valence-corrected chi connectivity index (χ4v) is 4.30. The lowest BCUT2D eigenvalue weighted by molar-refractivity contribution is 0.0785. The second-order valence-electron chi connectivity index (χ2n) is 8.88. The molecule has 0 atom stereocenters. The van der Waals surface area contributed by atoms with Gasteiger partial charge < -0.3 is 9.80 Å². The van der Waals surface area contributed by atoms with Gasteiger partial charge in [-0.1, -0.05) is 48.5 Å². The molecule has 3 aromatic carbocycles. The number of aryl methyl sites for hydroxylation is 2. The predicted molar refractivity (Wildman–Crippen MR) is 132 cm³/mol. The van der Waals surface area contributed by atoms with Gasteiger partial charge >= 0.3 is 0 Å². The lowest BCUT2D eigenvalue weighted by Crippen LogP contribution is -2.46. The molecule has 0 N–H and O–H groups in total. The van der Waals surface area contributed by atoms with Gasteiger partial charge in [-0.15, -0.1) is 0 Å². The highest BCUT2D eigenvalue weighted by Crippen LogP contribution is 2.21. The largest absolute Gasteiger partial charge is 0.369 e. The normalized spacial score (nSPS) is 14.4. The molecule has 0 bridgehead atoms. The Morgan fingerprint density at radius 1 is 0.812 bits per heavy atom. The van der Waals surface area contributed by atoms with Crippen molar-refractivity contribution in [3.8, 4) is 0 Å². The standard InChI is InChI=1S/C28H33N3O/c1-22-12-13-27(18-23(22)2)31-16-14-30(15-17-31)21-25-10-7-11-26(19-25)28(32)29(3)20-24-8-5-4-6-9-24/h4-13,18-19H,14-17,20-21H2,1-3H3. The Bertz CT molecular complexity index is 1060. The Morgan fingerprint density at radius 2 is 1.53 bits per heavy atom. The van der Waals surface area contributed by atoms with Crippen molar-refractivity contribution in [1.82, 2.24) is 9.80 Å². The van der Waals surface area contributed by atoms with E-state index < -0.39 is 0 Å². The molecule has 3 aromatic rings. The van der Waals surface area contributed by atoms with Crippen LogP contribution in [0.4, 0.5) is 5.69 Å². The minimum Gasteiger partial charge on any atom is -0.369 e. The van der Waals surface area contributed by atoms with Gasteiger partial charge in [0.15, 0.2) is 0 Å². The Hall–Kier alpha value is -3.11. The van der Waals surface area contributed by atoms with Crippen LogP contribution in [0.3, 0.4) is 0 Å². The van der Waals surface area contributed by atoms with Crippen molar-refractivity contribution < 1.29 is 4.79 Å². The minimum atomic E-state index is 0.0651. The number of benzene rings is 3. The molecule has 4 heteroatoms. The van der Waals surface area contributed by atoms with E-state index in [9.17, 15) is 4.79 Å². The van der Waals surface area contributed by atoms with Crippen molar-refractivity contribution in [3.05, 3.63) is 101 Å². The van der Waals surface area contributed by atoms with Gasteiger partial charge in [0.05, 0.1) is 0 Å². The van der Waals surface area contributed by atoms with Crippen LogP contribution in [0.2, 0.25) is 0 Å². The van der Waals surface area contributed by atoms with Crippen LogP contribution in [0, 0.1) is 13.8 Å². The number of hydrogen-bond donors (Lipinski definition) is 0. The van der Waals surface area contributed by atoms with E-state index in [4.69, 9.17) is 0 Å². The monoisotopic (exact) mass is 427 g/mol. The number of nitrogens with zero attached hydrogens (tertiary/aromatic N) is 3. The maximum Gasteiger partial charge on any atom is 0.253 e. The summed E-state index contributed by atoms with van der Waals surface area (Å²) in [4.78, 5) is 19.7. The van der Waals surface area contributed by atoms with E-state index in [0.717, 1.165) is 43.9 Å². The number of piperazine rings is 1. The van der Waals surface area contributed by atoms with Crippen molar-refractivity contribution in [2.75, 3.05) is 38.1 Å². The number of anilines is 1. The Morgan fingerprint density at radius 3 is 2.25 bits per heavy atom. The summed E-state index contributed by atoms with van der Waals surface area (Å²) < 4.78 is 0. The first-order valence-electron chi connectivity index (χ1n) is 11.4. The van der Waals surface area contributed by atoms with Gasteiger partial charge in [0, 0.05) is 57.6 Å². The van der Waals surface area contributed by atoms with Crippen LogP contribution in [-0.2, 0) is 13.1 Å². The topological polar surface area (TPSA) is 26.8 Å². The van der Waals surface area contributed by atoms with E-state index >= 15 is 0 Å². The van der Waals surface area contributed by atoms with E-state index in [1.165, 1.54) is 22.4 Å². The minimum absolute atomic E-state index is 0.0651. The fourth-order valence-electron chi connectivity index (χ4n) is 4.30. The van der Waals surface area contributed by atoms with Crippen LogP contribution in [0.1, 0.15) is 32.6 Å². The van der Waals surface area contributed by atoms with Crippen LogP contribution in [0.5, 0.6) is 0 Å². The molecule has 166 valence electrons. The van der Waals surface area contributed by atoms with Gasteiger partial charge in [-0.25, -0.2) is 0 Å². The molecular weight excluding hydrogens is 394 g/mol. The van der Waals surface area contributed by atoms with Gasteiger partial charge in [-0.3, -0.25) is 9.69 Å². The van der Waals surface area contributed by atoms with Crippen LogP contribution in [0.25, 0.3) is 0 Å². The first kappa shape index (κ1) is 22.1. The molecule has 1 aliphatic heterocycles. The van der Waals surface area contributed by atoms with Crippen molar-refractivity contribution >= 4 is 11.6 Å². The lowest BCUT2D eigenvalue weighted by atomic mass is 10.1. The molecule has 32 heavy (non-hydrogen) atoms. The molecule has 4 nitrogen and oxygen atoms in total. The number of amides is 1. The zero-order chi connectivity index (χ0) is 22.5. The summed E-state index contributed by atoms with van der Waals surface area (Å²) >= 11 is 0. The van der Waals surface area contributed by atoms with Gasteiger partial charge in [0.1, 0.15) is 0 Å². The van der Waals surface area contributed by atoms with Crippen molar-refractivity contribution in [3.63, 3.8) is 0 Å². The van der Waals surface area contributed by atoms with Crippen LogP contribution >= 0.6 is 0 Å². The van der Waals surface area contributed by atoms with E-state index in [1.807, 2.05) is 37.4 Å². The Labute approximate surface area is 192 Å². The summed E-state index contributed by atoms with van der Waals surface area (Å²) in [5, 5.41) is 0. The second kappa shape index (κ2) is 10.0. The molecule has 1 fully saturated rings. The Kier molecular flexibility index (Phi) is 6.91. The van der Waals surface area contributed by atoms with E-state index in [1.54, 1.807) is 4.90 Å². The smallest absolute Gasteiger partial charge is 0.253 e. The molecule has 1 heterocycles. The molecular formula is C28H33N3O. The number of rotatable bonds is 6. The predicted octanol–water partition coefficient (Wildman–Crippen LogP) is 4.90. The molecule has 0 spiro atoms. The van der Waals surface area contributed by atoms with E-state index in [0.29, 0.717) is 6.54 Å². The second-order valence-corrected chi connectivity index (χ2v) is 8.88. The highest BCUT2D eigenvalue weighted by molar-refractivity contribution is 5.94. The fraction of sp³-hybridized carbons (Fsp3) is 0.321. The van der Waals surface area contributed by atoms with Gasteiger partial charge in [-0.2, -0.15) is 0 Å². The third kappa shape index (κ3) is 5.38. The Balaban J connectivity index is 1.34. The quantitative estimate of drug-likeness (QED) is 0.560. The SMILES string of the molecule is Cc1ccc(N2CCN(Cc3cccc(C(=O)N(C)Cc4ccccc4)c3)CC2)cc1C. The lowest BCUT2D eigenvalue weighted by Gasteiger charge is -2.36. The highest BCUT2D eigenvalue weighted by Gasteiger charge is 2.19. The molecule has 1 saturated heterocycles. The summed E-state index contributed by atoms with van der Waals surface area (Å²) in [5.41, 5.74) is 7.11. The summed E-state index contributed by atoms with van der Waals surface area (Å²) in [6.07, 6.45) is 0. The number of carbonyl (C=O) groups excluding carboxylic acids is 1. The first-order chi connectivity index (χ1) is 15.5. The third-order valence-corrected chi connectivity index (χ3v) is 6.42. The highest BCUT2D eigenvalue weighted by atomic mass is 16.2. The molecule has 0 aliphatic carbocycles. The van der Waals surface area contributed by atoms with Crippen molar-refractivity contribution in [2.24, 2.45) is 0 Å². The molecule has 1 amide bonds. The third-order valence-electron chi connectivity index (χ3n) is 6.42. The summed E-state index contributed by atoms with van der Waals surface area (Å²) in [7, 11) is 1.87. The first-order valence-corrected chi connectivity index (χ1v) is 11.4. The molecule has 0 radical (unpaired) electrons. The van der Waals surface area contributed by atoms with Crippen molar-refractivity contribution in [1.29, 1.82) is 0 Å². The van der Waals surface area contributed by atoms with Gasteiger partial charge in [0.2, 0.25) is 0 Å². The molecule has 4 rings (SSSR count). The summed E-state index contributed by atoms with van der Waals surface area (Å²) in [6, 6.07) is 25.0. The van der Waals surface area contributed by atoms with E-state index in [-0.39, 0.29) is 5.91 Å². The average Bonchev–Trinajstić information content (AvgIpc) is 2.82. The molecule has 0 aromatic heterocycles. The summed E-state index contributed by atoms with van der Waals surface area (Å²) in [6.45, 7) is 9.95.